The number of benzene rings is 2. The van der Waals surface area contributed by atoms with Crippen molar-refractivity contribution in [1.29, 1.82) is 0 Å². The Morgan fingerprint density at radius 3 is 2.18 bits per heavy atom. The zero-order valence-electron chi connectivity index (χ0n) is 19.5. The molecule has 1 saturated carbocycles. The molecule has 1 saturated heterocycles. The Bertz CT molecular complexity index is 1090. The first-order chi connectivity index (χ1) is 16.3. The lowest BCUT2D eigenvalue weighted by molar-refractivity contribution is -0.165. The Kier molecular flexibility index (Phi) is 6.84. The van der Waals surface area contributed by atoms with Crippen LogP contribution in [-0.2, 0) is 19.1 Å². The highest BCUT2D eigenvalue weighted by Gasteiger charge is 2.62. The first-order valence-corrected chi connectivity index (χ1v) is 11.8. The number of hydrogen-bond donors (Lipinski definition) is 2. The predicted octanol–water partition coefficient (Wildman–Crippen LogP) is 3.58. The first kappa shape index (κ1) is 23.7. The molecule has 1 unspecified atom stereocenters. The maximum Gasteiger partial charge on any atom is 0.365 e. The number of nitrogens with zero attached hydrogens (tertiary/aromatic N) is 1. The molecule has 4 rings (SSSR count). The van der Waals surface area contributed by atoms with E-state index < -0.39 is 29.5 Å². The van der Waals surface area contributed by atoms with Gasteiger partial charge in [-0.05, 0) is 44.4 Å². The van der Waals surface area contributed by atoms with Crippen molar-refractivity contribution in [2.24, 2.45) is 0 Å². The fraction of sp³-hybridized carbons (Fsp3) is 0.370. The number of ketones is 1. The van der Waals surface area contributed by atoms with Crippen LogP contribution >= 0.6 is 0 Å². The zero-order chi connectivity index (χ0) is 24.3. The molecular formula is C27H30N2O5. The molecule has 0 spiro atoms. The molecule has 1 amide bonds. The molecule has 1 atom stereocenters. The number of esters is 1. The number of carbonyl (C=O) groups excluding carboxylic acids is 3. The zero-order valence-corrected chi connectivity index (χ0v) is 19.5. The minimum atomic E-state index is -2.62. The second-order valence-electron chi connectivity index (χ2n) is 9.03. The highest BCUT2D eigenvalue weighted by Crippen LogP contribution is 2.40. The minimum absolute atomic E-state index is 0.0514. The monoisotopic (exact) mass is 462 g/mol. The largest absolute Gasteiger partial charge is 0.459 e. The van der Waals surface area contributed by atoms with Crippen molar-refractivity contribution in [2.45, 2.75) is 63.8 Å². The van der Waals surface area contributed by atoms with Crippen LogP contribution in [0.25, 0.3) is 5.70 Å². The van der Waals surface area contributed by atoms with E-state index in [0.717, 1.165) is 37.0 Å². The standard InChI is InChI=1S/C27H30N2O5/c1-18(2)34-26(32)27(33)22(24(30)25(31)29(27)21-16-10-5-11-17-21)23(19-12-6-3-7-13-19)28-20-14-8-4-9-15-20/h3,5-7,10-13,16-18,20,28,33H,4,8-9,14-15H2,1-2H3/b23-22+. The van der Waals surface area contributed by atoms with Gasteiger partial charge in [-0.1, -0.05) is 67.8 Å². The Labute approximate surface area is 199 Å². The van der Waals surface area contributed by atoms with Crippen LogP contribution < -0.4 is 10.2 Å². The lowest BCUT2D eigenvalue weighted by atomic mass is 9.92. The number of aliphatic hydroxyl groups is 1. The highest BCUT2D eigenvalue weighted by molar-refractivity contribution is 6.54. The van der Waals surface area contributed by atoms with E-state index in [1.54, 1.807) is 68.4 Å². The smallest absolute Gasteiger partial charge is 0.365 e. The van der Waals surface area contributed by atoms with Crippen molar-refractivity contribution >= 4 is 29.0 Å². The van der Waals surface area contributed by atoms with E-state index in [1.807, 2.05) is 6.07 Å². The molecule has 0 bridgehead atoms. The second kappa shape index (κ2) is 9.81. The van der Waals surface area contributed by atoms with Crippen molar-refractivity contribution in [1.82, 2.24) is 5.32 Å². The molecule has 2 aliphatic rings. The molecule has 0 radical (unpaired) electrons. The van der Waals surface area contributed by atoms with E-state index in [-0.39, 0.29) is 23.0 Å². The SMILES string of the molecule is CC(C)OC(=O)C1(O)/C(=C(/NC2CCCCC2)c2ccccc2)C(=O)C(=O)N1c1ccccc1. The van der Waals surface area contributed by atoms with Gasteiger partial charge in [0.2, 0.25) is 0 Å². The van der Waals surface area contributed by atoms with Gasteiger partial charge in [-0.3, -0.25) is 14.5 Å². The van der Waals surface area contributed by atoms with Crippen LogP contribution in [0.4, 0.5) is 5.69 Å². The maximum atomic E-state index is 13.5. The molecule has 2 fully saturated rings. The van der Waals surface area contributed by atoms with Crippen molar-refractivity contribution < 1.29 is 24.2 Å². The molecule has 1 aliphatic heterocycles. The number of carbonyl (C=O) groups is 3. The third-order valence-electron chi connectivity index (χ3n) is 6.20. The van der Waals surface area contributed by atoms with Gasteiger partial charge >= 0.3 is 11.9 Å². The summed E-state index contributed by atoms with van der Waals surface area (Å²) < 4.78 is 5.39. The summed E-state index contributed by atoms with van der Waals surface area (Å²) >= 11 is 0. The minimum Gasteiger partial charge on any atom is -0.459 e. The van der Waals surface area contributed by atoms with Crippen molar-refractivity contribution in [3.8, 4) is 0 Å². The highest BCUT2D eigenvalue weighted by atomic mass is 16.6. The third kappa shape index (κ3) is 4.35. The summed E-state index contributed by atoms with van der Waals surface area (Å²) in [7, 11) is 0. The molecule has 2 aromatic rings. The van der Waals surface area contributed by atoms with Crippen molar-refractivity contribution in [3.63, 3.8) is 0 Å². The molecule has 7 heteroatoms. The Balaban J connectivity index is 1.95. The summed E-state index contributed by atoms with van der Waals surface area (Å²) in [5.74, 6) is -2.99. The van der Waals surface area contributed by atoms with Gasteiger partial charge in [0.15, 0.2) is 0 Å². The number of para-hydroxylation sites is 1. The lowest BCUT2D eigenvalue weighted by Gasteiger charge is -2.34. The number of hydrogen-bond acceptors (Lipinski definition) is 6. The fourth-order valence-corrected chi connectivity index (χ4v) is 4.64. The van der Waals surface area contributed by atoms with Gasteiger partial charge in [-0.2, -0.15) is 0 Å². The van der Waals surface area contributed by atoms with Crippen LogP contribution in [0.15, 0.2) is 66.2 Å². The second-order valence-corrected chi connectivity index (χ2v) is 9.03. The van der Waals surface area contributed by atoms with Gasteiger partial charge in [-0.15, -0.1) is 0 Å². The van der Waals surface area contributed by atoms with Crippen molar-refractivity contribution in [3.05, 3.63) is 71.8 Å². The van der Waals surface area contributed by atoms with Crippen LogP contribution in [0.3, 0.4) is 0 Å². The number of rotatable bonds is 6. The van der Waals surface area contributed by atoms with Crippen LogP contribution in [-0.4, -0.2) is 40.6 Å². The van der Waals surface area contributed by atoms with Crippen LogP contribution in [0.2, 0.25) is 0 Å². The summed E-state index contributed by atoms with van der Waals surface area (Å²) in [5.41, 5.74) is -1.80. The third-order valence-corrected chi connectivity index (χ3v) is 6.20. The van der Waals surface area contributed by atoms with Crippen LogP contribution in [0.5, 0.6) is 0 Å². The van der Waals surface area contributed by atoms with Gasteiger partial charge < -0.3 is 15.2 Å². The Morgan fingerprint density at radius 1 is 1.00 bits per heavy atom. The van der Waals surface area contributed by atoms with Gasteiger partial charge in [-0.25, -0.2) is 4.79 Å². The summed E-state index contributed by atoms with van der Waals surface area (Å²) in [5, 5.41) is 15.4. The summed E-state index contributed by atoms with van der Waals surface area (Å²) in [6.45, 7) is 3.29. The molecule has 1 aliphatic carbocycles. The molecule has 0 aromatic heterocycles. The molecule has 2 aromatic carbocycles. The van der Waals surface area contributed by atoms with E-state index in [4.69, 9.17) is 4.74 Å². The number of Topliss-reactive ketones (excluding diaryl/α,β-unsaturated/α-hetero) is 1. The fourth-order valence-electron chi connectivity index (χ4n) is 4.64. The van der Waals surface area contributed by atoms with Crippen LogP contribution in [0, 0.1) is 0 Å². The summed E-state index contributed by atoms with van der Waals surface area (Å²) in [6.07, 6.45) is 4.44. The molecular weight excluding hydrogens is 432 g/mol. The normalized spacial score (nSPS) is 22.8. The van der Waals surface area contributed by atoms with E-state index in [1.165, 1.54) is 0 Å². The van der Waals surface area contributed by atoms with Crippen molar-refractivity contribution in [2.75, 3.05) is 4.90 Å². The number of nitrogens with one attached hydrogen (secondary N) is 1. The molecule has 2 N–H and O–H groups in total. The quantitative estimate of drug-likeness (QED) is 0.387. The topological polar surface area (TPSA) is 95.9 Å². The van der Waals surface area contributed by atoms with Gasteiger partial charge in [0, 0.05) is 11.7 Å². The maximum absolute atomic E-state index is 13.5. The molecule has 7 nitrogen and oxygen atoms in total. The average Bonchev–Trinajstić information content (AvgIpc) is 3.05. The van der Waals surface area contributed by atoms with E-state index >= 15 is 0 Å². The first-order valence-electron chi connectivity index (χ1n) is 11.8. The van der Waals surface area contributed by atoms with Crippen LogP contribution in [0.1, 0.15) is 51.5 Å². The Morgan fingerprint density at radius 2 is 1.59 bits per heavy atom. The summed E-state index contributed by atoms with van der Waals surface area (Å²) in [4.78, 5) is 41.0. The van der Waals surface area contributed by atoms with Gasteiger partial charge in [0.25, 0.3) is 11.5 Å². The average molecular weight is 463 g/mol. The molecule has 34 heavy (non-hydrogen) atoms. The number of ether oxygens (including phenoxy) is 1. The molecule has 178 valence electrons. The number of amides is 1. The molecule has 1 heterocycles. The lowest BCUT2D eigenvalue weighted by Crippen LogP contribution is -2.55. The van der Waals surface area contributed by atoms with E-state index in [2.05, 4.69) is 5.32 Å². The van der Waals surface area contributed by atoms with E-state index in [0.29, 0.717) is 5.56 Å². The summed E-state index contributed by atoms with van der Waals surface area (Å²) in [6, 6.07) is 17.3. The predicted molar refractivity (Wildman–Crippen MR) is 128 cm³/mol. The van der Waals surface area contributed by atoms with E-state index in [9.17, 15) is 19.5 Å². The number of anilines is 1. The van der Waals surface area contributed by atoms with Gasteiger partial charge in [0.05, 0.1) is 17.4 Å². The van der Waals surface area contributed by atoms with Gasteiger partial charge in [0.1, 0.15) is 0 Å². The Hall–Kier alpha value is -3.45.